The molecule has 0 spiro atoms. The fourth-order valence-corrected chi connectivity index (χ4v) is 2.98. The second-order valence-corrected chi connectivity index (χ2v) is 5.91. The van der Waals surface area contributed by atoms with Crippen LogP contribution in [0.3, 0.4) is 0 Å². The third-order valence-electron chi connectivity index (χ3n) is 3.46. The molecule has 0 atom stereocenters. The zero-order chi connectivity index (χ0) is 17.9. The minimum atomic E-state index is -4.55. The van der Waals surface area contributed by atoms with Crippen molar-refractivity contribution in [3.63, 3.8) is 0 Å². The topological polar surface area (TPSA) is 32.3 Å². The number of thiophene rings is 1. The molecule has 0 aliphatic heterocycles. The van der Waals surface area contributed by atoms with Crippen LogP contribution in [0.25, 0.3) is 0 Å². The van der Waals surface area contributed by atoms with Crippen molar-refractivity contribution in [3.8, 4) is 0 Å². The van der Waals surface area contributed by atoms with Gasteiger partial charge in [0.1, 0.15) is 0 Å². The van der Waals surface area contributed by atoms with Gasteiger partial charge >= 0.3 is 12.2 Å². The lowest BCUT2D eigenvalue weighted by molar-refractivity contribution is -0.136. The molecule has 0 radical (unpaired) electrons. The van der Waals surface area contributed by atoms with Crippen molar-refractivity contribution >= 4 is 34.4 Å². The standard InChI is InChI=1S/C18H13F3N2OS/c19-18(20,21)15-8-4-5-9-16(15)22-17(24)23(14-10-11-25-12-14)13-6-2-1-3-7-13/h1-12H,(H,22,24). The number of hydrogen-bond acceptors (Lipinski definition) is 2. The lowest BCUT2D eigenvalue weighted by Gasteiger charge is -2.23. The molecule has 0 fully saturated rings. The molecule has 1 heterocycles. The Balaban J connectivity index is 1.96. The summed E-state index contributed by atoms with van der Waals surface area (Å²) < 4.78 is 39.4. The molecule has 3 nitrogen and oxygen atoms in total. The van der Waals surface area contributed by atoms with E-state index in [2.05, 4.69) is 5.32 Å². The van der Waals surface area contributed by atoms with Crippen molar-refractivity contribution in [2.24, 2.45) is 0 Å². The largest absolute Gasteiger partial charge is 0.418 e. The van der Waals surface area contributed by atoms with E-state index in [4.69, 9.17) is 0 Å². The zero-order valence-corrected chi connectivity index (χ0v) is 13.6. The number of halogens is 3. The molecular formula is C18H13F3N2OS. The molecule has 3 rings (SSSR count). The summed E-state index contributed by atoms with van der Waals surface area (Å²) >= 11 is 1.39. The summed E-state index contributed by atoms with van der Waals surface area (Å²) in [7, 11) is 0. The first-order valence-electron chi connectivity index (χ1n) is 7.31. The van der Waals surface area contributed by atoms with Crippen LogP contribution >= 0.6 is 11.3 Å². The normalized spacial score (nSPS) is 11.2. The van der Waals surface area contributed by atoms with Gasteiger partial charge in [-0.15, -0.1) is 0 Å². The number of amides is 2. The van der Waals surface area contributed by atoms with Gasteiger partial charge in [-0.3, -0.25) is 4.90 Å². The number of alkyl halides is 3. The van der Waals surface area contributed by atoms with Gasteiger partial charge in [-0.05, 0) is 35.7 Å². The van der Waals surface area contributed by atoms with E-state index >= 15 is 0 Å². The molecule has 0 aliphatic rings. The second-order valence-electron chi connectivity index (χ2n) is 5.13. The second kappa shape index (κ2) is 6.98. The van der Waals surface area contributed by atoms with Crippen molar-refractivity contribution in [2.75, 3.05) is 10.2 Å². The Bertz CT molecular complexity index is 848. The molecule has 0 saturated carbocycles. The molecule has 0 aliphatic carbocycles. The smallest absolute Gasteiger partial charge is 0.307 e. The van der Waals surface area contributed by atoms with E-state index in [9.17, 15) is 18.0 Å². The number of benzene rings is 2. The fraction of sp³-hybridized carbons (Fsp3) is 0.0556. The first-order valence-corrected chi connectivity index (χ1v) is 8.25. The first kappa shape index (κ1) is 17.0. The zero-order valence-electron chi connectivity index (χ0n) is 12.8. The van der Waals surface area contributed by atoms with Gasteiger partial charge < -0.3 is 5.32 Å². The van der Waals surface area contributed by atoms with Crippen LogP contribution in [0, 0.1) is 0 Å². The number of nitrogens with zero attached hydrogens (tertiary/aromatic N) is 1. The van der Waals surface area contributed by atoms with E-state index in [0.717, 1.165) is 6.07 Å². The molecule has 0 saturated heterocycles. The Kier molecular flexibility index (Phi) is 4.76. The third-order valence-corrected chi connectivity index (χ3v) is 4.13. The molecule has 2 amide bonds. The number of rotatable bonds is 3. The van der Waals surface area contributed by atoms with E-state index in [1.807, 2.05) is 0 Å². The maximum atomic E-state index is 13.1. The number of urea groups is 1. The number of carbonyl (C=O) groups excluding carboxylic acids is 1. The summed E-state index contributed by atoms with van der Waals surface area (Å²) in [5.74, 6) is 0. The van der Waals surface area contributed by atoms with Crippen molar-refractivity contribution in [2.45, 2.75) is 6.18 Å². The summed E-state index contributed by atoms with van der Waals surface area (Å²) in [6.45, 7) is 0. The van der Waals surface area contributed by atoms with Gasteiger partial charge in [-0.2, -0.15) is 24.5 Å². The molecule has 25 heavy (non-hydrogen) atoms. The molecule has 1 N–H and O–H groups in total. The van der Waals surface area contributed by atoms with E-state index in [-0.39, 0.29) is 5.69 Å². The van der Waals surface area contributed by atoms with E-state index < -0.39 is 17.8 Å². The number of carbonyl (C=O) groups is 1. The van der Waals surface area contributed by atoms with Crippen LogP contribution in [-0.4, -0.2) is 6.03 Å². The van der Waals surface area contributed by atoms with Gasteiger partial charge in [0, 0.05) is 5.38 Å². The van der Waals surface area contributed by atoms with Crippen molar-refractivity contribution in [3.05, 3.63) is 77.0 Å². The minimum absolute atomic E-state index is 0.281. The van der Waals surface area contributed by atoms with Crippen molar-refractivity contribution < 1.29 is 18.0 Å². The van der Waals surface area contributed by atoms with Crippen LogP contribution in [0.4, 0.5) is 35.0 Å². The summed E-state index contributed by atoms with van der Waals surface area (Å²) in [4.78, 5) is 14.1. The Morgan fingerprint density at radius 1 is 0.920 bits per heavy atom. The summed E-state index contributed by atoms with van der Waals surface area (Å²) in [6.07, 6.45) is -4.55. The summed E-state index contributed by atoms with van der Waals surface area (Å²) in [5, 5.41) is 5.92. The predicted octanol–water partition coefficient (Wildman–Crippen LogP) is 6.14. The molecule has 2 aromatic carbocycles. The lowest BCUT2D eigenvalue weighted by Crippen LogP contribution is -2.31. The van der Waals surface area contributed by atoms with E-state index in [1.54, 1.807) is 47.2 Å². The first-order chi connectivity index (χ1) is 12.0. The number of para-hydroxylation sites is 2. The molecular weight excluding hydrogens is 349 g/mol. The SMILES string of the molecule is O=C(Nc1ccccc1C(F)(F)F)N(c1ccccc1)c1ccsc1. The highest BCUT2D eigenvalue weighted by atomic mass is 32.1. The highest BCUT2D eigenvalue weighted by Crippen LogP contribution is 2.35. The van der Waals surface area contributed by atoms with Gasteiger partial charge in [0.15, 0.2) is 0 Å². The maximum absolute atomic E-state index is 13.1. The summed E-state index contributed by atoms with van der Waals surface area (Å²) in [6, 6.07) is 14.7. The van der Waals surface area contributed by atoms with E-state index in [1.165, 1.54) is 34.4 Å². The number of hydrogen-bond donors (Lipinski definition) is 1. The fourth-order valence-electron chi connectivity index (χ4n) is 2.36. The van der Waals surface area contributed by atoms with Crippen LogP contribution in [0.15, 0.2) is 71.4 Å². The molecule has 3 aromatic rings. The lowest BCUT2D eigenvalue weighted by atomic mass is 10.1. The van der Waals surface area contributed by atoms with Crippen LogP contribution in [0.1, 0.15) is 5.56 Å². The Morgan fingerprint density at radius 2 is 1.60 bits per heavy atom. The maximum Gasteiger partial charge on any atom is 0.418 e. The van der Waals surface area contributed by atoms with Gasteiger partial charge in [-0.1, -0.05) is 30.3 Å². The molecule has 0 bridgehead atoms. The highest BCUT2D eigenvalue weighted by Gasteiger charge is 2.34. The van der Waals surface area contributed by atoms with Crippen LogP contribution < -0.4 is 10.2 Å². The Labute approximate surface area is 146 Å². The Morgan fingerprint density at radius 3 is 2.24 bits per heavy atom. The average molecular weight is 362 g/mol. The summed E-state index contributed by atoms with van der Waals surface area (Å²) in [5.41, 5.74) is -0.0288. The van der Waals surface area contributed by atoms with Crippen LogP contribution in [0.2, 0.25) is 0 Å². The third kappa shape index (κ3) is 3.83. The van der Waals surface area contributed by atoms with Gasteiger partial charge in [0.05, 0.1) is 22.6 Å². The highest BCUT2D eigenvalue weighted by molar-refractivity contribution is 7.08. The monoisotopic (exact) mass is 362 g/mol. The molecule has 1 aromatic heterocycles. The number of anilines is 3. The van der Waals surface area contributed by atoms with Gasteiger partial charge in [-0.25, -0.2) is 4.79 Å². The van der Waals surface area contributed by atoms with Gasteiger partial charge in [0.25, 0.3) is 0 Å². The molecule has 128 valence electrons. The van der Waals surface area contributed by atoms with E-state index in [0.29, 0.717) is 11.4 Å². The quantitative estimate of drug-likeness (QED) is 0.596. The molecule has 0 unspecified atom stereocenters. The van der Waals surface area contributed by atoms with Crippen LogP contribution in [0.5, 0.6) is 0 Å². The predicted molar refractivity (Wildman–Crippen MR) is 93.4 cm³/mol. The Hall–Kier alpha value is -2.80. The van der Waals surface area contributed by atoms with Crippen LogP contribution in [-0.2, 0) is 6.18 Å². The minimum Gasteiger partial charge on any atom is -0.307 e. The molecule has 7 heteroatoms. The van der Waals surface area contributed by atoms with Gasteiger partial charge in [0.2, 0.25) is 0 Å². The number of nitrogens with one attached hydrogen (secondary N) is 1. The van der Waals surface area contributed by atoms with Crippen molar-refractivity contribution in [1.29, 1.82) is 0 Å². The average Bonchev–Trinajstić information content (AvgIpc) is 3.09. The van der Waals surface area contributed by atoms with Crippen molar-refractivity contribution in [1.82, 2.24) is 0 Å².